The zero-order valence-electron chi connectivity index (χ0n) is 18.3. The lowest BCUT2D eigenvalue weighted by Crippen LogP contribution is -1.93. The summed E-state index contributed by atoms with van der Waals surface area (Å²) in [4.78, 5) is 19.1. The highest BCUT2D eigenvalue weighted by Gasteiger charge is 1.93. The number of carboxylic acid groups (broad SMARTS) is 2. The normalized spacial score (nSPS) is 10.1. The van der Waals surface area contributed by atoms with Gasteiger partial charge in [-0.05, 0) is 13.8 Å². The molecule has 160 valence electrons. The first-order valence-corrected chi connectivity index (χ1v) is 10.6. The van der Waals surface area contributed by atoms with Crippen molar-refractivity contribution < 1.29 is 19.8 Å². The van der Waals surface area contributed by atoms with Crippen LogP contribution in [-0.2, 0) is 9.59 Å². The molecule has 0 rings (SSSR count). The maximum absolute atomic E-state index is 9.86. The maximum Gasteiger partial charge on any atom is 0.330 e. The van der Waals surface area contributed by atoms with Crippen molar-refractivity contribution in [1.82, 2.24) is 0 Å². The van der Waals surface area contributed by atoms with E-state index in [9.17, 15) is 9.59 Å². The van der Waals surface area contributed by atoms with E-state index < -0.39 is 11.9 Å². The molecule has 0 heterocycles. The van der Waals surface area contributed by atoms with E-state index in [-0.39, 0.29) is 0 Å². The van der Waals surface area contributed by atoms with E-state index in [1.807, 2.05) is 0 Å². The quantitative estimate of drug-likeness (QED) is 0.242. The Balaban J connectivity index is -0.000000396. The minimum atomic E-state index is -0.981. The van der Waals surface area contributed by atoms with Gasteiger partial charge in [-0.3, -0.25) is 0 Å². The predicted molar refractivity (Wildman–Crippen MR) is 116 cm³/mol. The van der Waals surface area contributed by atoms with Crippen LogP contribution in [0.2, 0.25) is 0 Å². The van der Waals surface area contributed by atoms with Crippen molar-refractivity contribution in [3.8, 4) is 0 Å². The minimum absolute atomic E-state index is 0.389. The number of unbranched alkanes of at least 4 members (excludes halogenated alkanes) is 12. The fourth-order valence-corrected chi connectivity index (χ4v) is 2.21. The molecule has 4 heteroatoms. The first-order valence-electron chi connectivity index (χ1n) is 10.6. The fourth-order valence-electron chi connectivity index (χ4n) is 2.21. The molecule has 0 bridgehead atoms. The second-order valence-corrected chi connectivity index (χ2v) is 6.71. The molecule has 0 radical (unpaired) electrons. The second kappa shape index (κ2) is 26.6. The van der Waals surface area contributed by atoms with Crippen LogP contribution in [0.5, 0.6) is 0 Å². The average molecular weight is 385 g/mol. The largest absolute Gasteiger partial charge is 0.478 e. The van der Waals surface area contributed by atoms with Crippen molar-refractivity contribution in [1.29, 1.82) is 0 Å². The van der Waals surface area contributed by atoms with Gasteiger partial charge in [0.15, 0.2) is 0 Å². The topological polar surface area (TPSA) is 74.6 Å². The van der Waals surface area contributed by atoms with Crippen molar-refractivity contribution in [3.63, 3.8) is 0 Å². The number of hydrogen-bond acceptors (Lipinski definition) is 2. The Morgan fingerprint density at radius 1 is 0.741 bits per heavy atom. The summed E-state index contributed by atoms with van der Waals surface area (Å²) < 4.78 is 0. The average Bonchev–Trinajstić information content (AvgIpc) is 2.66. The number of carbonyl (C=O) groups is 2. The summed E-state index contributed by atoms with van der Waals surface area (Å²) in [5, 5.41) is 15.7. The van der Waals surface area contributed by atoms with Gasteiger partial charge in [0.1, 0.15) is 0 Å². The third-order valence-corrected chi connectivity index (χ3v) is 4.15. The van der Waals surface area contributed by atoms with Gasteiger partial charge in [-0.1, -0.05) is 110 Å². The van der Waals surface area contributed by atoms with Gasteiger partial charge in [0.25, 0.3) is 0 Å². The molecular weight excluding hydrogens is 340 g/mol. The van der Waals surface area contributed by atoms with Gasteiger partial charge in [-0.2, -0.15) is 0 Å². The van der Waals surface area contributed by atoms with Crippen LogP contribution >= 0.6 is 0 Å². The number of hydrogen-bond donors (Lipinski definition) is 2. The van der Waals surface area contributed by atoms with Gasteiger partial charge in [0, 0.05) is 11.6 Å². The number of allylic oxidation sites excluding steroid dienone is 1. The molecule has 0 spiro atoms. The summed E-state index contributed by atoms with van der Waals surface area (Å²) in [5.41, 5.74) is 0.389. The summed E-state index contributed by atoms with van der Waals surface area (Å²) in [7, 11) is 0. The zero-order chi connectivity index (χ0) is 21.3. The van der Waals surface area contributed by atoms with E-state index in [0.717, 1.165) is 6.08 Å². The molecule has 0 saturated heterocycles. The van der Waals surface area contributed by atoms with Crippen molar-refractivity contribution in [2.75, 3.05) is 0 Å². The van der Waals surface area contributed by atoms with Crippen LogP contribution < -0.4 is 0 Å². The van der Waals surface area contributed by atoms with Crippen LogP contribution in [-0.4, -0.2) is 22.2 Å². The van der Waals surface area contributed by atoms with Crippen LogP contribution in [0, 0.1) is 0 Å². The Morgan fingerprint density at radius 2 is 1.00 bits per heavy atom. The summed E-state index contributed by atoms with van der Waals surface area (Å²) in [6, 6.07) is 0. The highest BCUT2D eigenvalue weighted by Crippen LogP contribution is 2.12. The summed E-state index contributed by atoms with van der Waals surface area (Å²) in [5.74, 6) is -1.83. The van der Waals surface area contributed by atoms with E-state index in [1.165, 1.54) is 83.5 Å². The van der Waals surface area contributed by atoms with Gasteiger partial charge in [-0.15, -0.1) is 0 Å². The van der Waals surface area contributed by atoms with E-state index in [0.29, 0.717) is 5.57 Å². The molecule has 2 N–H and O–H groups in total. The standard InChI is InChI=1S/C15H32.C5H8O2.C3H4O2/c1-3-5-7-9-11-13-15-14-12-10-8-6-4-2;1-3-4(2)5(6)7;1-2-3(4)5/h3-15H2,1-2H3;3H,1-2H3,(H,6,7);2H,1H2,(H,4,5). The lowest BCUT2D eigenvalue weighted by atomic mass is 10.1. The molecule has 0 unspecified atom stereocenters. The van der Waals surface area contributed by atoms with Gasteiger partial charge in [0.05, 0.1) is 0 Å². The smallest absolute Gasteiger partial charge is 0.330 e. The zero-order valence-corrected chi connectivity index (χ0v) is 18.3. The van der Waals surface area contributed by atoms with E-state index in [2.05, 4.69) is 20.4 Å². The van der Waals surface area contributed by atoms with Crippen molar-refractivity contribution in [2.24, 2.45) is 0 Å². The molecule has 0 aliphatic carbocycles. The third kappa shape index (κ3) is 36.2. The number of aliphatic carboxylic acids is 2. The van der Waals surface area contributed by atoms with Gasteiger partial charge < -0.3 is 10.2 Å². The first kappa shape index (κ1) is 30.2. The van der Waals surface area contributed by atoms with E-state index in [4.69, 9.17) is 10.2 Å². The molecule has 27 heavy (non-hydrogen) atoms. The SMILES string of the molecule is C=CC(=O)O.CC=C(C)C(=O)O.CCCCCCCCCCCCCCC. The van der Waals surface area contributed by atoms with Crippen LogP contribution in [0.15, 0.2) is 24.3 Å². The maximum atomic E-state index is 9.86. The Kier molecular flexibility index (Phi) is 29.8. The van der Waals surface area contributed by atoms with Gasteiger partial charge in [-0.25, -0.2) is 9.59 Å². The highest BCUT2D eigenvalue weighted by molar-refractivity contribution is 5.85. The van der Waals surface area contributed by atoms with Crippen LogP contribution in [0.1, 0.15) is 111 Å². The Morgan fingerprint density at radius 3 is 1.11 bits per heavy atom. The Labute approximate surface area is 167 Å². The molecule has 0 amide bonds. The molecule has 0 fully saturated rings. The van der Waals surface area contributed by atoms with Crippen molar-refractivity contribution in [2.45, 2.75) is 111 Å². The van der Waals surface area contributed by atoms with Crippen LogP contribution in [0.4, 0.5) is 0 Å². The second-order valence-electron chi connectivity index (χ2n) is 6.71. The summed E-state index contributed by atoms with van der Waals surface area (Å²) in [6.45, 7) is 10.8. The van der Waals surface area contributed by atoms with Gasteiger partial charge >= 0.3 is 11.9 Å². The fraction of sp³-hybridized carbons (Fsp3) is 0.739. The molecule has 0 aliphatic heterocycles. The molecule has 0 aromatic heterocycles. The number of carboxylic acids is 2. The van der Waals surface area contributed by atoms with Crippen LogP contribution in [0.25, 0.3) is 0 Å². The molecule has 0 aromatic rings. The van der Waals surface area contributed by atoms with Gasteiger partial charge in [0.2, 0.25) is 0 Å². The Bertz CT molecular complexity index is 361. The monoisotopic (exact) mass is 384 g/mol. The third-order valence-electron chi connectivity index (χ3n) is 4.15. The molecule has 0 aliphatic rings. The van der Waals surface area contributed by atoms with Crippen molar-refractivity contribution >= 4 is 11.9 Å². The molecule has 0 atom stereocenters. The summed E-state index contributed by atoms with van der Waals surface area (Å²) >= 11 is 0. The summed E-state index contributed by atoms with van der Waals surface area (Å²) in [6.07, 6.45) is 21.3. The molecule has 4 nitrogen and oxygen atoms in total. The molecule has 0 aromatic carbocycles. The Hall–Kier alpha value is -1.58. The number of rotatable bonds is 14. The van der Waals surface area contributed by atoms with E-state index >= 15 is 0 Å². The van der Waals surface area contributed by atoms with Crippen molar-refractivity contribution in [3.05, 3.63) is 24.3 Å². The first-order chi connectivity index (χ1) is 12.9. The predicted octanol–water partition coefficient (Wildman–Crippen LogP) is 7.39. The lowest BCUT2D eigenvalue weighted by Gasteiger charge is -2.01. The lowest BCUT2D eigenvalue weighted by molar-refractivity contribution is -0.133. The van der Waals surface area contributed by atoms with E-state index in [1.54, 1.807) is 19.9 Å². The molecular formula is C23H44O4. The minimum Gasteiger partial charge on any atom is -0.478 e. The highest BCUT2D eigenvalue weighted by atomic mass is 16.4. The molecule has 0 saturated carbocycles. The van der Waals surface area contributed by atoms with Crippen LogP contribution in [0.3, 0.4) is 0 Å².